The first-order chi connectivity index (χ1) is 14.0. The highest BCUT2D eigenvalue weighted by Crippen LogP contribution is 2.39. The van der Waals surface area contributed by atoms with E-state index in [1.165, 1.54) is 6.42 Å². The molecular formula is C21H22Cl2N4O2. The monoisotopic (exact) mass is 432 g/mol. The Morgan fingerprint density at radius 2 is 1.79 bits per heavy atom. The molecule has 152 valence electrons. The number of amides is 1. The van der Waals surface area contributed by atoms with Crippen LogP contribution in [0.4, 0.5) is 5.69 Å². The van der Waals surface area contributed by atoms with Crippen LogP contribution in [0.3, 0.4) is 0 Å². The first-order valence-corrected chi connectivity index (χ1v) is 10.4. The second-order valence-electron chi connectivity index (χ2n) is 7.29. The van der Waals surface area contributed by atoms with Crippen LogP contribution in [0.25, 0.3) is 0 Å². The summed E-state index contributed by atoms with van der Waals surface area (Å²) in [7, 11) is 0. The molecular weight excluding hydrogens is 411 g/mol. The molecule has 2 aliphatic rings. The highest BCUT2D eigenvalue weighted by Gasteiger charge is 2.34. The van der Waals surface area contributed by atoms with Crippen LogP contribution in [0.5, 0.6) is 5.75 Å². The second kappa shape index (κ2) is 8.61. The minimum Gasteiger partial charge on any atom is -0.508 e. The number of benzene rings is 2. The van der Waals surface area contributed by atoms with Crippen molar-refractivity contribution in [3.8, 4) is 5.75 Å². The zero-order valence-corrected chi connectivity index (χ0v) is 17.3. The lowest BCUT2D eigenvalue weighted by atomic mass is 10.0. The van der Waals surface area contributed by atoms with Gasteiger partial charge in [-0.25, -0.2) is 5.01 Å². The van der Waals surface area contributed by atoms with Gasteiger partial charge in [-0.2, -0.15) is 5.10 Å². The summed E-state index contributed by atoms with van der Waals surface area (Å²) in [5.74, 6) is -0.00456. The minimum atomic E-state index is -0.212. The van der Waals surface area contributed by atoms with Crippen molar-refractivity contribution >= 4 is 40.5 Å². The maximum absolute atomic E-state index is 12.9. The van der Waals surface area contributed by atoms with Crippen molar-refractivity contribution in [2.75, 3.05) is 18.1 Å². The number of piperidine rings is 1. The van der Waals surface area contributed by atoms with Gasteiger partial charge in [0.1, 0.15) is 11.5 Å². The van der Waals surface area contributed by atoms with Gasteiger partial charge in [0, 0.05) is 24.5 Å². The molecule has 1 fully saturated rings. The van der Waals surface area contributed by atoms with Gasteiger partial charge in [-0.1, -0.05) is 41.8 Å². The number of rotatable bonds is 4. The lowest BCUT2D eigenvalue weighted by Gasteiger charge is -2.26. The van der Waals surface area contributed by atoms with Gasteiger partial charge in [0.2, 0.25) is 0 Å². The molecule has 29 heavy (non-hydrogen) atoms. The maximum Gasteiger partial charge on any atom is 0.281 e. The lowest BCUT2D eigenvalue weighted by molar-refractivity contribution is -0.119. The van der Waals surface area contributed by atoms with E-state index in [2.05, 4.69) is 10.5 Å². The zero-order valence-electron chi connectivity index (χ0n) is 15.8. The van der Waals surface area contributed by atoms with Crippen LogP contribution >= 0.6 is 23.2 Å². The topological polar surface area (TPSA) is 68.2 Å². The Hall–Kier alpha value is -2.28. The van der Waals surface area contributed by atoms with Crippen LogP contribution in [0.2, 0.25) is 10.0 Å². The summed E-state index contributed by atoms with van der Waals surface area (Å²) < 4.78 is 0. The van der Waals surface area contributed by atoms with Crippen molar-refractivity contribution in [2.24, 2.45) is 5.10 Å². The third-order valence-corrected chi connectivity index (χ3v) is 5.76. The summed E-state index contributed by atoms with van der Waals surface area (Å²) >= 11 is 12.5. The number of hydrazone groups is 1. The van der Waals surface area contributed by atoms with Gasteiger partial charge in [-0.3, -0.25) is 15.2 Å². The molecule has 1 unspecified atom stereocenters. The smallest absolute Gasteiger partial charge is 0.281 e. The first-order valence-electron chi connectivity index (χ1n) is 9.68. The summed E-state index contributed by atoms with van der Waals surface area (Å²) in [4.78, 5) is 12.9. The fourth-order valence-corrected chi connectivity index (χ4v) is 4.20. The number of hydrogen-bond acceptors (Lipinski definition) is 5. The molecule has 1 saturated heterocycles. The van der Waals surface area contributed by atoms with Crippen LogP contribution in [-0.2, 0) is 4.79 Å². The zero-order chi connectivity index (χ0) is 20.4. The molecule has 8 heteroatoms. The standard InChI is InChI=1S/C21H22Cl2N4O2/c22-15-6-9-19(17(23)12-15)27-20(14-4-7-16(28)8-5-14)13-18(24-27)21(29)25-26-10-2-1-3-11-26/h4-9,12,20,28H,1-3,10-11,13H2,(H,25,29). The molecule has 2 aromatic rings. The lowest BCUT2D eigenvalue weighted by Crippen LogP contribution is -2.47. The number of nitrogens with zero attached hydrogens (tertiary/aromatic N) is 3. The molecule has 2 aliphatic heterocycles. The van der Waals surface area contributed by atoms with Crippen LogP contribution in [0.1, 0.15) is 37.3 Å². The van der Waals surface area contributed by atoms with E-state index in [1.54, 1.807) is 35.3 Å². The number of hydrazine groups is 1. The van der Waals surface area contributed by atoms with Gasteiger partial charge >= 0.3 is 0 Å². The van der Waals surface area contributed by atoms with Crippen molar-refractivity contribution < 1.29 is 9.90 Å². The molecule has 1 atom stereocenters. The molecule has 6 nitrogen and oxygen atoms in total. The summed E-state index contributed by atoms with van der Waals surface area (Å²) in [6, 6.07) is 11.9. The highest BCUT2D eigenvalue weighted by atomic mass is 35.5. The molecule has 0 aliphatic carbocycles. The van der Waals surface area contributed by atoms with Crippen LogP contribution in [0.15, 0.2) is 47.6 Å². The van der Waals surface area contributed by atoms with E-state index in [9.17, 15) is 9.90 Å². The Balaban J connectivity index is 1.62. The van der Waals surface area contributed by atoms with Crippen molar-refractivity contribution in [1.82, 2.24) is 10.4 Å². The van der Waals surface area contributed by atoms with Crippen LogP contribution in [-0.4, -0.2) is 34.8 Å². The van der Waals surface area contributed by atoms with Crippen LogP contribution < -0.4 is 10.4 Å². The molecule has 0 aromatic heterocycles. The fraction of sp³-hybridized carbons (Fsp3) is 0.333. The third kappa shape index (κ3) is 4.50. The summed E-state index contributed by atoms with van der Waals surface area (Å²) in [6.07, 6.45) is 3.79. The Morgan fingerprint density at radius 1 is 1.07 bits per heavy atom. The molecule has 0 spiro atoms. The number of carbonyl (C=O) groups excluding carboxylic acids is 1. The number of carbonyl (C=O) groups is 1. The molecule has 0 radical (unpaired) electrons. The molecule has 1 amide bonds. The summed E-state index contributed by atoms with van der Waals surface area (Å²) in [5, 5.41) is 19.0. The molecule has 4 rings (SSSR count). The Bertz CT molecular complexity index is 927. The Morgan fingerprint density at radius 3 is 2.48 bits per heavy atom. The normalized spacial score (nSPS) is 19.9. The molecule has 0 bridgehead atoms. The Kier molecular flexibility index (Phi) is 5.94. The molecule has 2 heterocycles. The van der Waals surface area contributed by atoms with Gasteiger partial charge in [-0.15, -0.1) is 0 Å². The van der Waals surface area contributed by atoms with Crippen molar-refractivity contribution in [3.05, 3.63) is 58.1 Å². The first kappa shape index (κ1) is 20.0. The Labute approximate surface area is 179 Å². The number of halogens is 2. The van der Waals surface area contributed by atoms with Crippen molar-refractivity contribution in [2.45, 2.75) is 31.7 Å². The highest BCUT2D eigenvalue weighted by molar-refractivity contribution is 6.40. The summed E-state index contributed by atoms with van der Waals surface area (Å²) in [6.45, 7) is 1.71. The van der Waals surface area contributed by atoms with E-state index in [4.69, 9.17) is 23.2 Å². The molecule has 2 N–H and O–H groups in total. The van der Waals surface area contributed by atoms with Crippen molar-refractivity contribution in [3.63, 3.8) is 0 Å². The SMILES string of the molecule is O=C(NN1CCCCC1)C1=NN(c2ccc(Cl)cc2Cl)C(c2ccc(O)cc2)C1. The fourth-order valence-electron chi connectivity index (χ4n) is 3.71. The number of aromatic hydroxyl groups is 1. The third-order valence-electron chi connectivity index (χ3n) is 5.22. The van der Waals surface area contributed by atoms with Crippen LogP contribution in [0, 0.1) is 0 Å². The number of phenols is 1. The predicted molar refractivity (Wildman–Crippen MR) is 115 cm³/mol. The number of phenolic OH excluding ortho intramolecular Hbond substituents is 1. The van der Waals surface area contributed by atoms with E-state index < -0.39 is 0 Å². The van der Waals surface area contributed by atoms with Gasteiger partial charge in [0.15, 0.2) is 0 Å². The summed E-state index contributed by atoms with van der Waals surface area (Å²) in [5.41, 5.74) is 5.03. The van der Waals surface area contributed by atoms with E-state index >= 15 is 0 Å². The van der Waals surface area contributed by atoms with E-state index in [0.717, 1.165) is 31.5 Å². The van der Waals surface area contributed by atoms with E-state index in [-0.39, 0.29) is 17.7 Å². The van der Waals surface area contributed by atoms with Gasteiger partial charge in [0.05, 0.1) is 16.8 Å². The largest absolute Gasteiger partial charge is 0.508 e. The van der Waals surface area contributed by atoms with E-state index in [1.807, 2.05) is 17.1 Å². The average molecular weight is 433 g/mol. The molecule has 0 saturated carbocycles. The molecule has 2 aromatic carbocycles. The second-order valence-corrected chi connectivity index (χ2v) is 8.13. The maximum atomic E-state index is 12.9. The average Bonchev–Trinajstić information content (AvgIpc) is 3.14. The minimum absolute atomic E-state index is 0.187. The van der Waals surface area contributed by atoms with Gasteiger partial charge < -0.3 is 5.11 Å². The number of anilines is 1. The van der Waals surface area contributed by atoms with Crippen molar-refractivity contribution in [1.29, 1.82) is 0 Å². The number of nitrogens with one attached hydrogen (secondary N) is 1. The predicted octanol–water partition coefficient (Wildman–Crippen LogP) is 4.52. The van der Waals surface area contributed by atoms with E-state index in [0.29, 0.717) is 27.9 Å². The van der Waals surface area contributed by atoms with Gasteiger partial charge in [-0.05, 0) is 48.7 Å². The van der Waals surface area contributed by atoms with Gasteiger partial charge in [0.25, 0.3) is 5.91 Å². The quantitative estimate of drug-likeness (QED) is 0.744. The number of hydrogen-bond donors (Lipinski definition) is 2.